The number of hydrogen-bond donors (Lipinski definition) is 1. The van der Waals surface area contributed by atoms with Crippen molar-refractivity contribution in [3.63, 3.8) is 0 Å². The summed E-state index contributed by atoms with van der Waals surface area (Å²) in [6.45, 7) is 1.67. The number of carbonyl (C=O) groups is 2. The maximum absolute atomic E-state index is 12.2. The third-order valence-electron chi connectivity index (χ3n) is 5.19. The first kappa shape index (κ1) is 24.5. The average Bonchev–Trinajstić information content (AvgIpc) is 3.32. The lowest BCUT2D eigenvalue weighted by Gasteiger charge is -2.12. The van der Waals surface area contributed by atoms with Crippen molar-refractivity contribution in [2.24, 2.45) is 0 Å². The second kappa shape index (κ2) is 11.2. The number of benzene rings is 2. The van der Waals surface area contributed by atoms with Crippen molar-refractivity contribution in [1.29, 1.82) is 0 Å². The van der Waals surface area contributed by atoms with Gasteiger partial charge >= 0.3 is 0 Å². The molecule has 186 valence electrons. The van der Waals surface area contributed by atoms with Crippen LogP contribution < -0.4 is 24.3 Å². The van der Waals surface area contributed by atoms with Gasteiger partial charge in [-0.25, -0.2) is 0 Å². The Hall–Kier alpha value is -4.67. The third-order valence-corrected chi connectivity index (χ3v) is 5.19. The van der Waals surface area contributed by atoms with Crippen molar-refractivity contribution in [3.05, 3.63) is 60.2 Å². The molecule has 0 saturated carbocycles. The second-order valence-corrected chi connectivity index (χ2v) is 7.57. The van der Waals surface area contributed by atoms with Gasteiger partial charge in [0.15, 0.2) is 35.4 Å². The smallest absolute Gasteiger partial charge is 0.258 e. The largest absolute Gasteiger partial charge is 0.496 e. The zero-order chi connectivity index (χ0) is 25.5. The lowest BCUT2D eigenvalue weighted by atomic mass is 10.1. The Morgan fingerprint density at radius 2 is 1.72 bits per heavy atom. The van der Waals surface area contributed by atoms with Crippen LogP contribution in [0.1, 0.15) is 17.3 Å². The van der Waals surface area contributed by atoms with Gasteiger partial charge in [-0.2, -0.15) is 4.52 Å². The number of amides is 1. The Morgan fingerprint density at radius 1 is 0.917 bits per heavy atom. The molecular weight excluding hydrogens is 466 g/mol. The molecule has 0 aliphatic rings. The summed E-state index contributed by atoms with van der Waals surface area (Å²) in [4.78, 5) is 23.7. The Kier molecular flexibility index (Phi) is 7.59. The van der Waals surface area contributed by atoms with E-state index in [1.165, 1.54) is 14.0 Å². The van der Waals surface area contributed by atoms with Crippen molar-refractivity contribution in [2.45, 2.75) is 6.92 Å². The van der Waals surface area contributed by atoms with E-state index in [2.05, 4.69) is 20.6 Å². The molecule has 11 heteroatoms. The second-order valence-electron chi connectivity index (χ2n) is 7.57. The number of aromatic nitrogens is 4. The van der Waals surface area contributed by atoms with Crippen molar-refractivity contribution >= 4 is 17.3 Å². The van der Waals surface area contributed by atoms with E-state index in [-0.39, 0.29) is 31.4 Å². The van der Waals surface area contributed by atoms with Gasteiger partial charge in [0.25, 0.3) is 5.91 Å². The van der Waals surface area contributed by atoms with Crippen LogP contribution in [-0.4, -0.2) is 65.5 Å². The van der Waals surface area contributed by atoms with Gasteiger partial charge in [0, 0.05) is 11.6 Å². The molecule has 0 aliphatic carbocycles. The van der Waals surface area contributed by atoms with E-state index in [4.69, 9.17) is 18.9 Å². The molecule has 2 heterocycles. The molecular formula is C25H25N5O6. The highest BCUT2D eigenvalue weighted by atomic mass is 16.5. The molecule has 1 amide bonds. The van der Waals surface area contributed by atoms with Gasteiger partial charge in [0.05, 0.1) is 26.3 Å². The highest BCUT2D eigenvalue weighted by molar-refractivity contribution is 5.94. The number of rotatable bonds is 11. The maximum atomic E-state index is 12.2. The number of hydrogen-bond acceptors (Lipinski definition) is 9. The quantitative estimate of drug-likeness (QED) is 0.249. The van der Waals surface area contributed by atoms with Crippen LogP contribution in [0.25, 0.3) is 17.0 Å². The molecule has 0 saturated heterocycles. The number of methoxy groups -OCH3 is 2. The van der Waals surface area contributed by atoms with Gasteiger partial charge in [0.2, 0.25) is 5.88 Å². The highest BCUT2D eigenvalue weighted by Crippen LogP contribution is 2.29. The monoisotopic (exact) mass is 491 g/mol. The van der Waals surface area contributed by atoms with Crippen molar-refractivity contribution in [3.8, 4) is 34.5 Å². The summed E-state index contributed by atoms with van der Waals surface area (Å²) < 4.78 is 23.4. The van der Waals surface area contributed by atoms with E-state index < -0.39 is 0 Å². The van der Waals surface area contributed by atoms with E-state index in [0.717, 1.165) is 5.56 Å². The Labute approximate surface area is 207 Å². The SMILES string of the molecule is COc1cc(C(C)=O)ccc1OCC(=O)NCCOc1ccc2nnc(-c3ccccc3OC)n2n1. The van der Waals surface area contributed by atoms with Gasteiger partial charge in [-0.3, -0.25) is 9.59 Å². The molecule has 0 unspecified atom stereocenters. The number of carbonyl (C=O) groups excluding carboxylic acids is 2. The normalized spacial score (nSPS) is 10.6. The molecule has 36 heavy (non-hydrogen) atoms. The predicted molar refractivity (Wildman–Crippen MR) is 130 cm³/mol. The first-order valence-electron chi connectivity index (χ1n) is 11.1. The number of para-hydroxylation sites is 1. The minimum atomic E-state index is -0.336. The zero-order valence-electron chi connectivity index (χ0n) is 20.1. The Morgan fingerprint density at radius 3 is 2.50 bits per heavy atom. The van der Waals surface area contributed by atoms with Crippen LogP contribution in [0.5, 0.6) is 23.1 Å². The van der Waals surface area contributed by atoms with Crippen LogP contribution in [0.4, 0.5) is 0 Å². The predicted octanol–water partition coefficient (Wildman–Crippen LogP) is 2.59. The summed E-state index contributed by atoms with van der Waals surface area (Å²) in [7, 11) is 3.05. The number of Topliss-reactive ketones (excluding diaryl/α,β-unsaturated/α-hetero) is 1. The number of ketones is 1. The summed E-state index contributed by atoms with van der Waals surface area (Å²) in [6, 6.07) is 15.7. The van der Waals surface area contributed by atoms with Gasteiger partial charge in [-0.05, 0) is 43.3 Å². The topological polar surface area (TPSA) is 126 Å². The van der Waals surface area contributed by atoms with Gasteiger partial charge in [-0.1, -0.05) is 12.1 Å². The summed E-state index contributed by atoms with van der Waals surface area (Å²) in [5.74, 6) is 1.83. The van der Waals surface area contributed by atoms with E-state index >= 15 is 0 Å². The fourth-order valence-electron chi connectivity index (χ4n) is 3.39. The summed E-state index contributed by atoms with van der Waals surface area (Å²) in [5.41, 5.74) is 1.80. The van der Waals surface area contributed by atoms with E-state index in [1.807, 2.05) is 24.3 Å². The summed E-state index contributed by atoms with van der Waals surface area (Å²) in [5, 5.41) is 15.5. The lowest BCUT2D eigenvalue weighted by Crippen LogP contribution is -2.32. The van der Waals surface area contributed by atoms with Crippen LogP contribution >= 0.6 is 0 Å². The molecule has 0 bridgehead atoms. The molecule has 0 fully saturated rings. The van der Waals surface area contributed by atoms with Crippen LogP contribution in [0.3, 0.4) is 0 Å². The van der Waals surface area contributed by atoms with Crippen LogP contribution in [0.2, 0.25) is 0 Å². The molecule has 1 N–H and O–H groups in total. The van der Waals surface area contributed by atoms with E-state index in [1.54, 1.807) is 42.0 Å². The van der Waals surface area contributed by atoms with Crippen molar-refractivity contribution in [2.75, 3.05) is 34.0 Å². The zero-order valence-corrected chi connectivity index (χ0v) is 20.1. The number of nitrogens with zero attached hydrogens (tertiary/aromatic N) is 4. The minimum Gasteiger partial charge on any atom is -0.496 e. The Balaban J connectivity index is 1.31. The van der Waals surface area contributed by atoms with Crippen LogP contribution in [-0.2, 0) is 4.79 Å². The van der Waals surface area contributed by atoms with E-state index in [9.17, 15) is 9.59 Å². The average molecular weight is 492 g/mol. The Bertz CT molecular complexity index is 1390. The number of ether oxygens (including phenoxy) is 4. The van der Waals surface area contributed by atoms with Gasteiger partial charge < -0.3 is 24.3 Å². The lowest BCUT2D eigenvalue weighted by molar-refractivity contribution is -0.123. The summed E-state index contributed by atoms with van der Waals surface area (Å²) in [6.07, 6.45) is 0. The standard InChI is InChI=1S/C25H25N5O6/c1-16(31)17-8-9-20(21(14-17)34-3)36-15-23(32)26-12-13-35-24-11-10-22-27-28-25(30(22)29-24)18-6-4-5-7-19(18)33-2/h4-11,14H,12-13,15H2,1-3H3,(H,26,32). The minimum absolute atomic E-state index is 0.0912. The van der Waals surface area contributed by atoms with Crippen LogP contribution in [0, 0.1) is 0 Å². The molecule has 11 nitrogen and oxygen atoms in total. The van der Waals surface area contributed by atoms with E-state index in [0.29, 0.717) is 40.2 Å². The first-order valence-corrected chi connectivity index (χ1v) is 11.1. The number of fused-ring (bicyclic) bond motifs is 1. The third kappa shape index (κ3) is 5.52. The molecule has 0 aliphatic heterocycles. The van der Waals surface area contributed by atoms with Gasteiger partial charge in [0.1, 0.15) is 12.4 Å². The highest BCUT2D eigenvalue weighted by Gasteiger charge is 2.15. The van der Waals surface area contributed by atoms with Crippen molar-refractivity contribution < 1.29 is 28.5 Å². The fourth-order valence-corrected chi connectivity index (χ4v) is 3.39. The molecule has 4 rings (SSSR count). The van der Waals surface area contributed by atoms with Crippen LogP contribution in [0.15, 0.2) is 54.6 Å². The fraction of sp³-hybridized carbons (Fsp3) is 0.240. The van der Waals surface area contributed by atoms with Crippen molar-refractivity contribution in [1.82, 2.24) is 25.1 Å². The molecule has 0 spiro atoms. The first-order chi connectivity index (χ1) is 17.5. The number of nitrogens with one attached hydrogen (secondary N) is 1. The molecule has 0 atom stereocenters. The molecule has 0 radical (unpaired) electrons. The molecule has 2 aromatic heterocycles. The molecule has 2 aromatic carbocycles. The maximum Gasteiger partial charge on any atom is 0.258 e. The van der Waals surface area contributed by atoms with Gasteiger partial charge in [-0.15, -0.1) is 15.3 Å². The molecule has 4 aromatic rings. The summed E-state index contributed by atoms with van der Waals surface area (Å²) >= 11 is 0.